The van der Waals surface area contributed by atoms with Crippen LogP contribution in [0.15, 0.2) is 12.1 Å². The highest BCUT2D eigenvalue weighted by atomic mass is 16.2. The summed E-state index contributed by atoms with van der Waals surface area (Å²) in [6, 6.07) is 3.51. The molecule has 0 aliphatic carbocycles. The molecular formula is C8H7NO2. The van der Waals surface area contributed by atoms with E-state index in [9.17, 15) is 9.59 Å². The summed E-state index contributed by atoms with van der Waals surface area (Å²) in [6.45, 7) is 0. The van der Waals surface area contributed by atoms with Gasteiger partial charge >= 0.3 is 0 Å². The van der Waals surface area contributed by atoms with Gasteiger partial charge in [-0.15, -0.1) is 0 Å². The first kappa shape index (κ1) is 6.34. The number of aldehydes is 1. The first-order valence-corrected chi connectivity index (χ1v) is 3.52. The molecule has 3 heteroatoms. The van der Waals surface area contributed by atoms with Crippen LogP contribution in [0.25, 0.3) is 0 Å². The van der Waals surface area contributed by atoms with Crippen LogP contribution in [0.4, 0.5) is 0 Å². The molecule has 1 aromatic heterocycles. The highest BCUT2D eigenvalue weighted by molar-refractivity contribution is 5.89. The maximum absolute atomic E-state index is 11.1. The van der Waals surface area contributed by atoms with E-state index in [-0.39, 0.29) is 5.91 Å². The zero-order chi connectivity index (χ0) is 7.84. The third kappa shape index (κ3) is 0.738. The van der Waals surface area contributed by atoms with Crippen molar-refractivity contribution in [3.8, 4) is 0 Å². The lowest BCUT2D eigenvalue weighted by Crippen LogP contribution is -2.07. The molecule has 1 aliphatic heterocycles. The molecule has 2 rings (SSSR count). The van der Waals surface area contributed by atoms with E-state index in [0.29, 0.717) is 18.4 Å². The predicted molar refractivity (Wildman–Crippen MR) is 38.8 cm³/mol. The van der Waals surface area contributed by atoms with E-state index in [1.54, 1.807) is 6.07 Å². The Labute approximate surface area is 63.6 Å². The van der Waals surface area contributed by atoms with Crippen LogP contribution in [0.3, 0.4) is 0 Å². The minimum atomic E-state index is 0.0344. The van der Waals surface area contributed by atoms with E-state index in [4.69, 9.17) is 0 Å². The van der Waals surface area contributed by atoms with Crippen molar-refractivity contribution in [2.75, 3.05) is 0 Å². The van der Waals surface area contributed by atoms with Crippen molar-refractivity contribution in [1.82, 2.24) is 4.57 Å². The first-order valence-electron chi connectivity index (χ1n) is 3.52. The van der Waals surface area contributed by atoms with Crippen LogP contribution in [0.2, 0.25) is 0 Å². The summed E-state index contributed by atoms with van der Waals surface area (Å²) in [4.78, 5) is 21.5. The van der Waals surface area contributed by atoms with Gasteiger partial charge in [-0.25, -0.2) is 0 Å². The van der Waals surface area contributed by atoms with Crippen LogP contribution < -0.4 is 0 Å². The van der Waals surface area contributed by atoms with E-state index in [0.717, 1.165) is 12.1 Å². The summed E-state index contributed by atoms with van der Waals surface area (Å²) in [6.07, 6.45) is 2.02. The number of rotatable bonds is 1. The molecule has 0 aromatic carbocycles. The van der Waals surface area contributed by atoms with Gasteiger partial charge in [0, 0.05) is 12.1 Å². The summed E-state index contributed by atoms with van der Waals surface area (Å²) in [5.74, 6) is 0.0344. The molecule has 0 radical (unpaired) electrons. The Balaban J connectivity index is 2.63. The summed E-state index contributed by atoms with van der Waals surface area (Å²) >= 11 is 0. The van der Waals surface area contributed by atoms with Crippen molar-refractivity contribution >= 4 is 12.2 Å². The Morgan fingerprint density at radius 1 is 1.36 bits per heavy atom. The molecule has 0 saturated heterocycles. The van der Waals surface area contributed by atoms with Crippen LogP contribution in [0.1, 0.15) is 27.4 Å². The molecule has 0 unspecified atom stereocenters. The first-order chi connectivity index (χ1) is 5.33. The Morgan fingerprint density at radius 2 is 2.18 bits per heavy atom. The third-order valence-electron chi connectivity index (χ3n) is 1.96. The van der Waals surface area contributed by atoms with Gasteiger partial charge < -0.3 is 0 Å². The van der Waals surface area contributed by atoms with Crippen LogP contribution in [0, 0.1) is 0 Å². The minimum Gasteiger partial charge on any atom is -0.296 e. The van der Waals surface area contributed by atoms with Gasteiger partial charge in [-0.3, -0.25) is 14.2 Å². The molecule has 0 N–H and O–H groups in total. The molecule has 0 bridgehead atoms. The number of nitrogens with zero attached hydrogens (tertiary/aromatic N) is 1. The zero-order valence-corrected chi connectivity index (χ0v) is 5.91. The number of carbonyl (C=O) groups excluding carboxylic acids is 2. The van der Waals surface area contributed by atoms with Gasteiger partial charge in [-0.05, 0) is 18.6 Å². The largest absolute Gasteiger partial charge is 0.296 e. The standard InChI is InChI=1S/C8H7NO2/c10-5-7-2-1-6-3-4-8(11)9(6)7/h1-2,5H,3-4H2. The van der Waals surface area contributed by atoms with Gasteiger partial charge in [0.05, 0.1) is 5.69 Å². The van der Waals surface area contributed by atoms with Gasteiger partial charge in [0.15, 0.2) is 6.29 Å². The van der Waals surface area contributed by atoms with E-state index < -0.39 is 0 Å². The number of hydrogen-bond acceptors (Lipinski definition) is 2. The molecule has 2 heterocycles. The Kier molecular flexibility index (Phi) is 1.18. The van der Waals surface area contributed by atoms with Crippen LogP contribution in [0.5, 0.6) is 0 Å². The van der Waals surface area contributed by atoms with E-state index >= 15 is 0 Å². The fraction of sp³-hybridized carbons (Fsp3) is 0.250. The predicted octanol–water partition coefficient (Wildman–Crippen LogP) is 0.887. The van der Waals surface area contributed by atoms with E-state index in [2.05, 4.69) is 0 Å². The lowest BCUT2D eigenvalue weighted by Gasteiger charge is -1.95. The maximum Gasteiger partial charge on any atom is 0.231 e. The number of aryl methyl sites for hydroxylation is 1. The summed E-state index contributed by atoms with van der Waals surface area (Å²) in [5, 5.41) is 0. The summed E-state index contributed by atoms with van der Waals surface area (Å²) in [5.41, 5.74) is 1.43. The average Bonchev–Trinajstić information content (AvgIpc) is 2.54. The lowest BCUT2D eigenvalue weighted by atomic mass is 10.3. The molecule has 0 atom stereocenters. The zero-order valence-electron chi connectivity index (χ0n) is 5.91. The quantitative estimate of drug-likeness (QED) is 0.556. The van der Waals surface area contributed by atoms with Gasteiger partial charge in [0.1, 0.15) is 0 Å². The van der Waals surface area contributed by atoms with Crippen LogP contribution in [-0.4, -0.2) is 16.8 Å². The molecule has 1 aliphatic rings. The van der Waals surface area contributed by atoms with Crippen LogP contribution >= 0.6 is 0 Å². The second-order valence-electron chi connectivity index (χ2n) is 2.60. The highest BCUT2D eigenvalue weighted by Gasteiger charge is 2.20. The molecule has 56 valence electrons. The topological polar surface area (TPSA) is 39.1 Å². The third-order valence-corrected chi connectivity index (χ3v) is 1.96. The molecule has 1 aromatic rings. The van der Waals surface area contributed by atoms with Gasteiger partial charge in [0.2, 0.25) is 5.91 Å². The lowest BCUT2D eigenvalue weighted by molar-refractivity contribution is 0.0913. The average molecular weight is 149 g/mol. The second kappa shape index (κ2) is 2.05. The number of carbonyl (C=O) groups is 2. The summed E-state index contributed by atoms with van der Waals surface area (Å²) in [7, 11) is 0. The summed E-state index contributed by atoms with van der Waals surface area (Å²) < 4.78 is 1.49. The van der Waals surface area contributed by atoms with Gasteiger partial charge in [-0.2, -0.15) is 0 Å². The highest BCUT2D eigenvalue weighted by Crippen LogP contribution is 2.17. The molecular weight excluding hydrogens is 142 g/mol. The van der Waals surface area contributed by atoms with Crippen molar-refractivity contribution in [3.05, 3.63) is 23.5 Å². The van der Waals surface area contributed by atoms with Crippen molar-refractivity contribution in [1.29, 1.82) is 0 Å². The minimum absolute atomic E-state index is 0.0344. The fourth-order valence-corrected chi connectivity index (χ4v) is 1.43. The molecule has 0 fully saturated rings. The Bertz CT molecular complexity index is 325. The van der Waals surface area contributed by atoms with Crippen molar-refractivity contribution < 1.29 is 9.59 Å². The van der Waals surface area contributed by atoms with E-state index in [1.807, 2.05) is 6.07 Å². The number of hydrogen-bond donors (Lipinski definition) is 0. The van der Waals surface area contributed by atoms with Gasteiger partial charge in [0.25, 0.3) is 0 Å². The number of fused-ring (bicyclic) bond motifs is 1. The Hall–Kier alpha value is -1.38. The van der Waals surface area contributed by atoms with Crippen molar-refractivity contribution in [3.63, 3.8) is 0 Å². The van der Waals surface area contributed by atoms with Gasteiger partial charge in [-0.1, -0.05) is 0 Å². The van der Waals surface area contributed by atoms with E-state index in [1.165, 1.54) is 4.57 Å². The van der Waals surface area contributed by atoms with Crippen LogP contribution in [-0.2, 0) is 6.42 Å². The SMILES string of the molecule is O=Cc1ccc2n1C(=O)CC2. The molecule has 3 nitrogen and oxygen atoms in total. The normalized spacial score (nSPS) is 15.1. The molecule has 11 heavy (non-hydrogen) atoms. The number of aromatic nitrogens is 1. The smallest absolute Gasteiger partial charge is 0.231 e. The molecule has 0 saturated carbocycles. The fourth-order valence-electron chi connectivity index (χ4n) is 1.43. The Morgan fingerprint density at radius 3 is 2.91 bits per heavy atom. The van der Waals surface area contributed by atoms with Crippen molar-refractivity contribution in [2.24, 2.45) is 0 Å². The molecule has 0 amide bonds. The maximum atomic E-state index is 11.1. The molecule has 0 spiro atoms. The second-order valence-corrected chi connectivity index (χ2v) is 2.60. The van der Waals surface area contributed by atoms with Crippen molar-refractivity contribution in [2.45, 2.75) is 12.8 Å². The monoisotopic (exact) mass is 149 g/mol.